The van der Waals surface area contributed by atoms with Crippen LogP contribution >= 0.6 is 0 Å². The second-order valence-electron chi connectivity index (χ2n) is 5.28. The number of carbonyl (C=O) groups excluding carboxylic acids is 1. The summed E-state index contributed by atoms with van der Waals surface area (Å²) in [5.41, 5.74) is 0.670. The minimum atomic E-state index is -1.12. The first kappa shape index (κ1) is 14.1. The van der Waals surface area contributed by atoms with Gasteiger partial charge in [-0.2, -0.15) is 0 Å². The summed E-state index contributed by atoms with van der Waals surface area (Å²) >= 11 is 0. The number of carboxylic acid groups (broad SMARTS) is 1. The predicted molar refractivity (Wildman–Crippen MR) is 79.4 cm³/mol. The maximum Gasteiger partial charge on any atom is 0.335 e. The van der Waals surface area contributed by atoms with Crippen molar-refractivity contribution in [1.82, 2.24) is 0 Å². The summed E-state index contributed by atoms with van der Waals surface area (Å²) in [7, 11) is 0. The average molecular weight is 300 g/mol. The van der Waals surface area contributed by atoms with Crippen molar-refractivity contribution >= 4 is 23.3 Å². The van der Waals surface area contributed by atoms with Crippen LogP contribution in [0.2, 0.25) is 0 Å². The van der Waals surface area contributed by atoms with Crippen LogP contribution in [0.5, 0.6) is 0 Å². The number of hydrogen-bond acceptors (Lipinski definition) is 3. The van der Waals surface area contributed by atoms with Gasteiger partial charge in [0.15, 0.2) is 0 Å². The third kappa shape index (κ3) is 2.18. The largest absolute Gasteiger partial charge is 0.478 e. The Hall–Kier alpha value is -2.89. The number of fused-ring (bicyclic) bond motifs is 1. The SMILES string of the molecule is CC1(Nc2ccc(C(=O)O)cc2)C(=O)Nc2ccc(F)cc21. The molecule has 0 fully saturated rings. The van der Waals surface area contributed by atoms with Crippen LogP contribution in [0.1, 0.15) is 22.8 Å². The molecule has 0 aromatic heterocycles. The van der Waals surface area contributed by atoms with Crippen LogP contribution in [-0.4, -0.2) is 17.0 Å². The van der Waals surface area contributed by atoms with Gasteiger partial charge < -0.3 is 15.7 Å². The number of anilines is 2. The molecular formula is C16H13FN2O3. The molecule has 0 aliphatic carbocycles. The van der Waals surface area contributed by atoms with E-state index in [0.29, 0.717) is 16.9 Å². The van der Waals surface area contributed by atoms with Crippen molar-refractivity contribution in [3.63, 3.8) is 0 Å². The van der Waals surface area contributed by atoms with Crippen molar-refractivity contribution in [3.8, 4) is 0 Å². The zero-order valence-electron chi connectivity index (χ0n) is 11.7. The van der Waals surface area contributed by atoms with Crippen molar-refractivity contribution in [2.75, 3.05) is 10.6 Å². The molecule has 1 amide bonds. The Morgan fingerprint density at radius 1 is 1.23 bits per heavy atom. The summed E-state index contributed by atoms with van der Waals surface area (Å²) in [4.78, 5) is 23.1. The first-order valence-electron chi connectivity index (χ1n) is 6.63. The highest BCUT2D eigenvalue weighted by atomic mass is 19.1. The molecule has 0 radical (unpaired) electrons. The molecule has 2 aromatic rings. The normalized spacial score (nSPS) is 19.5. The second-order valence-corrected chi connectivity index (χ2v) is 5.28. The molecule has 1 unspecified atom stereocenters. The number of aromatic carboxylic acids is 1. The summed E-state index contributed by atoms with van der Waals surface area (Å²) in [6.07, 6.45) is 0. The second kappa shape index (κ2) is 4.84. The average Bonchev–Trinajstić information content (AvgIpc) is 2.71. The van der Waals surface area contributed by atoms with Gasteiger partial charge in [-0.1, -0.05) is 0 Å². The molecule has 0 saturated carbocycles. The molecular weight excluding hydrogens is 287 g/mol. The molecule has 112 valence electrons. The van der Waals surface area contributed by atoms with E-state index in [2.05, 4.69) is 10.6 Å². The van der Waals surface area contributed by atoms with E-state index in [-0.39, 0.29) is 11.5 Å². The minimum absolute atomic E-state index is 0.151. The fourth-order valence-electron chi connectivity index (χ4n) is 2.52. The van der Waals surface area contributed by atoms with E-state index in [9.17, 15) is 14.0 Å². The molecule has 2 aromatic carbocycles. The van der Waals surface area contributed by atoms with Crippen LogP contribution in [0.4, 0.5) is 15.8 Å². The molecule has 6 heteroatoms. The standard InChI is InChI=1S/C16H13FN2O3/c1-16(19-11-5-2-9(3-6-11)14(20)21)12-8-10(17)4-7-13(12)18-15(16)22/h2-8,19H,1H3,(H,18,22)(H,20,21). The van der Waals surface area contributed by atoms with E-state index in [0.717, 1.165) is 0 Å². The predicted octanol–water partition coefficient (Wildman–Crippen LogP) is 2.80. The van der Waals surface area contributed by atoms with Gasteiger partial charge in [-0.3, -0.25) is 4.79 Å². The van der Waals surface area contributed by atoms with E-state index < -0.39 is 17.3 Å². The molecule has 0 spiro atoms. The number of benzene rings is 2. The quantitative estimate of drug-likeness (QED) is 0.814. The van der Waals surface area contributed by atoms with Gasteiger partial charge in [-0.05, 0) is 49.4 Å². The molecule has 1 aliphatic heterocycles. The maximum absolute atomic E-state index is 13.5. The molecule has 0 bridgehead atoms. The molecule has 3 N–H and O–H groups in total. The lowest BCUT2D eigenvalue weighted by molar-refractivity contribution is -0.119. The highest BCUT2D eigenvalue weighted by molar-refractivity contribution is 6.07. The summed E-state index contributed by atoms with van der Waals surface area (Å²) in [6.45, 7) is 1.65. The first-order chi connectivity index (χ1) is 10.4. The van der Waals surface area contributed by atoms with Gasteiger partial charge in [0.1, 0.15) is 11.4 Å². The van der Waals surface area contributed by atoms with Crippen molar-refractivity contribution in [1.29, 1.82) is 0 Å². The number of halogens is 1. The van der Waals surface area contributed by atoms with Crippen LogP contribution < -0.4 is 10.6 Å². The summed E-state index contributed by atoms with van der Waals surface area (Å²) in [5.74, 6) is -1.75. The number of amides is 1. The summed E-state index contributed by atoms with van der Waals surface area (Å²) < 4.78 is 13.5. The van der Waals surface area contributed by atoms with Gasteiger partial charge in [-0.15, -0.1) is 0 Å². The Morgan fingerprint density at radius 3 is 2.55 bits per heavy atom. The van der Waals surface area contributed by atoms with Gasteiger partial charge in [0.25, 0.3) is 5.91 Å². The Morgan fingerprint density at radius 2 is 1.91 bits per heavy atom. The van der Waals surface area contributed by atoms with E-state index in [4.69, 9.17) is 5.11 Å². The van der Waals surface area contributed by atoms with E-state index in [1.807, 2.05) is 0 Å². The molecule has 1 atom stereocenters. The summed E-state index contributed by atoms with van der Waals surface area (Å²) in [6, 6.07) is 10.1. The smallest absolute Gasteiger partial charge is 0.335 e. The lowest BCUT2D eigenvalue weighted by atomic mass is 9.93. The number of carboxylic acids is 1. The van der Waals surface area contributed by atoms with Crippen molar-refractivity contribution in [2.24, 2.45) is 0 Å². The van der Waals surface area contributed by atoms with Gasteiger partial charge in [0.2, 0.25) is 0 Å². The van der Waals surface area contributed by atoms with E-state index in [1.165, 1.54) is 30.3 Å². The Bertz CT molecular complexity index is 773. The number of rotatable bonds is 3. The lowest BCUT2D eigenvalue weighted by Crippen LogP contribution is -2.39. The Balaban J connectivity index is 1.96. The zero-order valence-corrected chi connectivity index (χ0v) is 11.7. The van der Waals surface area contributed by atoms with Crippen LogP contribution in [0.25, 0.3) is 0 Å². The van der Waals surface area contributed by atoms with E-state index in [1.54, 1.807) is 19.1 Å². The van der Waals surface area contributed by atoms with Crippen molar-refractivity contribution in [3.05, 3.63) is 59.4 Å². The molecule has 1 heterocycles. The topological polar surface area (TPSA) is 78.4 Å². The van der Waals surface area contributed by atoms with Crippen LogP contribution in [0.3, 0.4) is 0 Å². The highest BCUT2D eigenvalue weighted by Gasteiger charge is 2.43. The Kier molecular flexibility index (Phi) is 3.09. The van der Waals surface area contributed by atoms with Gasteiger partial charge in [0, 0.05) is 16.9 Å². The highest BCUT2D eigenvalue weighted by Crippen LogP contribution is 2.38. The number of carbonyl (C=O) groups is 2. The van der Waals surface area contributed by atoms with Crippen LogP contribution in [0, 0.1) is 5.82 Å². The van der Waals surface area contributed by atoms with Crippen molar-refractivity contribution < 1.29 is 19.1 Å². The fraction of sp³-hybridized carbons (Fsp3) is 0.125. The van der Waals surface area contributed by atoms with Gasteiger partial charge in [0.05, 0.1) is 5.56 Å². The molecule has 0 saturated heterocycles. The lowest BCUT2D eigenvalue weighted by Gasteiger charge is -2.25. The molecule has 22 heavy (non-hydrogen) atoms. The zero-order chi connectivity index (χ0) is 15.9. The fourth-order valence-corrected chi connectivity index (χ4v) is 2.52. The maximum atomic E-state index is 13.5. The molecule has 5 nitrogen and oxygen atoms in total. The third-order valence-corrected chi connectivity index (χ3v) is 3.75. The van der Waals surface area contributed by atoms with Crippen LogP contribution in [-0.2, 0) is 10.3 Å². The number of nitrogens with one attached hydrogen (secondary N) is 2. The summed E-state index contributed by atoms with van der Waals surface area (Å²) in [5, 5.41) is 14.6. The van der Waals surface area contributed by atoms with E-state index >= 15 is 0 Å². The number of hydrogen-bond donors (Lipinski definition) is 3. The molecule has 1 aliphatic rings. The van der Waals surface area contributed by atoms with Crippen molar-refractivity contribution in [2.45, 2.75) is 12.5 Å². The Labute approximate surface area is 125 Å². The third-order valence-electron chi connectivity index (χ3n) is 3.75. The van der Waals surface area contributed by atoms with Gasteiger partial charge >= 0.3 is 5.97 Å². The molecule has 3 rings (SSSR count). The first-order valence-corrected chi connectivity index (χ1v) is 6.63. The minimum Gasteiger partial charge on any atom is -0.478 e. The van der Waals surface area contributed by atoms with Crippen LogP contribution in [0.15, 0.2) is 42.5 Å². The monoisotopic (exact) mass is 300 g/mol. The van der Waals surface area contributed by atoms with Gasteiger partial charge in [-0.25, -0.2) is 9.18 Å².